The molecule has 0 aromatic heterocycles. The fourth-order valence-electron chi connectivity index (χ4n) is 1.56. The molecule has 9 heteroatoms. The largest absolute Gasteiger partial charge is 0.480 e. The zero-order chi connectivity index (χ0) is 18.4. The van der Waals surface area contributed by atoms with E-state index in [2.05, 4.69) is 5.32 Å². The summed E-state index contributed by atoms with van der Waals surface area (Å²) in [5.74, 6) is -3.96. The lowest BCUT2D eigenvalue weighted by Gasteiger charge is -2.30. The molecule has 9 nitrogen and oxygen atoms in total. The number of carboxylic acids is 2. The van der Waals surface area contributed by atoms with Gasteiger partial charge in [0.2, 0.25) is 5.91 Å². The summed E-state index contributed by atoms with van der Waals surface area (Å²) < 4.78 is 4.79. The van der Waals surface area contributed by atoms with E-state index in [1.54, 1.807) is 20.8 Å². The van der Waals surface area contributed by atoms with Crippen molar-refractivity contribution in [2.45, 2.75) is 58.7 Å². The predicted octanol–water partition coefficient (Wildman–Crippen LogP) is -0.274. The number of aliphatic carboxylic acids is 2. The van der Waals surface area contributed by atoms with Gasteiger partial charge >= 0.3 is 17.9 Å². The minimum atomic E-state index is -1.34. The highest BCUT2D eigenvalue weighted by molar-refractivity contribution is 5.87. The molecule has 0 bridgehead atoms. The van der Waals surface area contributed by atoms with Gasteiger partial charge in [0.15, 0.2) is 6.10 Å². The van der Waals surface area contributed by atoms with Gasteiger partial charge in [-0.2, -0.15) is 0 Å². The van der Waals surface area contributed by atoms with Crippen molar-refractivity contribution in [2.24, 2.45) is 11.1 Å². The molecule has 0 aliphatic heterocycles. The molecule has 0 spiro atoms. The van der Waals surface area contributed by atoms with Crippen molar-refractivity contribution in [3.8, 4) is 0 Å². The quantitative estimate of drug-likeness (QED) is 0.442. The summed E-state index contributed by atoms with van der Waals surface area (Å²) >= 11 is 0. The number of hydrogen-bond donors (Lipinski definition) is 4. The molecular formula is C14H24N2O7. The molecule has 0 aromatic rings. The summed E-state index contributed by atoms with van der Waals surface area (Å²) in [6, 6.07) is -2.24. The lowest BCUT2D eigenvalue weighted by molar-refractivity contribution is -0.166. The summed E-state index contributed by atoms with van der Waals surface area (Å²) in [4.78, 5) is 45.3. The van der Waals surface area contributed by atoms with Gasteiger partial charge in [-0.15, -0.1) is 0 Å². The van der Waals surface area contributed by atoms with Gasteiger partial charge in [0.1, 0.15) is 12.1 Å². The standard InChI is InChI=1S/C14H24N2O7/c1-7(11(18)19)23-13(22)10(14(2,3)4)16-9(17)6-5-8(15)12(20)21/h7-8,10H,5-6,15H2,1-4H3,(H,16,17)(H,18,19)(H,20,21)/t7-,8-,10?/m0/s1. The van der Waals surface area contributed by atoms with E-state index in [9.17, 15) is 19.2 Å². The number of ether oxygens (including phenoxy) is 1. The lowest BCUT2D eigenvalue weighted by atomic mass is 9.86. The first-order valence-electron chi connectivity index (χ1n) is 7.07. The number of rotatable bonds is 8. The molecule has 0 aromatic carbocycles. The van der Waals surface area contributed by atoms with Crippen LogP contribution in [0.3, 0.4) is 0 Å². The fraction of sp³-hybridized carbons (Fsp3) is 0.714. The van der Waals surface area contributed by atoms with E-state index in [-0.39, 0.29) is 12.8 Å². The molecular weight excluding hydrogens is 308 g/mol. The second kappa shape index (κ2) is 8.47. The van der Waals surface area contributed by atoms with Gasteiger partial charge in [0.05, 0.1) is 0 Å². The number of carboxylic acid groups (broad SMARTS) is 2. The van der Waals surface area contributed by atoms with Gasteiger partial charge in [0, 0.05) is 6.42 Å². The van der Waals surface area contributed by atoms with Gasteiger partial charge in [-0.1, -0.05) is 20.8 Å². The fourth-order valence-corrected chi connectivity index (χ4v) is 1.56. The van der Waals surface area contributed by atoms with Crippen molar-refractivity contribution in [3.05, 3.63) is 0 Å². The summed E-state index contributed by atoms with van der Waals surface area (Å²) in [7, 11) is 0. The lowest BCUT2D eigenvalue weighted by Crippen LogP contribution is -2.51. The van der Waals surface area contributed by atoms with Crippen molar-refractivity contribution in [1.82, 2.24) is 5.32 Å². The molecule has 0 heterocycles. The van der Waals surface area contributed by atoms with Crippen LogP contribution in [-0.2, 0) is 23.9 Å². The second-order valence-corrected chi connectivity index (χ2v) is 6.27. The van der Waals surface area contributed by atoms with E-state index in [4.69, 9.17) is 20.7 Å². The zero-order valence-corrected chi connectivity index (χ0v) is 13.7. The molecule has 132 valence electrons. The van der Waals surface area contributed by atoms with Crippen molar-refractivity contribution in [1.29, 1.82) is 0 Å². The summed E-state index contributed by atoms with van der Waals surface area (Å²) in [5, 5.41) is 19.9. The Hall–Kier alpha value is -2.16. The number of carbonyl (C=O) groups is 4. The monoisotopic (exact) mass is 332 g/mol. The smallest absolute Gasteiger partial charge is 0.344 e. The normalized spacial score (nSPS) is 15.2. The van der Waals surface area contributed by atoms with Crippen LogP contribution in [0, 0.1) is 5.41 Å². The molecule has 1 amide bonds. The molecule has 1 unspecified atom stereocenters. The molecule has 0 aliphatic rings. The van der Waals surface area contributed by atoms with Crippen molar-refractivity contribution >= 4 is 23.8 Å². The van der Waals surface area contributed by atoms with E-state index in [0.717, 1.165) is 0 Å². The Balaban J connectivity index is 4.81. The van der Waals surface area contributed by atoms with E-state index in [1.165, 1.54) is 6.92 Å². The maximum absolute atomic E-state index is 12.1. The average molecular weight is 332 g/mol. The van der Waals surface area contributed by atoms with E-state index < -0.39 is 47.4 Å². The van der Waals surface area contributed by atoms with Crippen LogP contribution in [0.25, 0.3) is 0 Å². The maximum Gasteiger partial charge on any atom is 0.344 e. The maximum atomic E-state index is 12.1. The van der Waals surface area contributed by atoms with Crippen molar-refractivity contribution in [2.75, 3.05) is 0 Å². The number of carbonyl (C=O) groups excluding carboxylic acids is 2. The minimum Gasteiger partial charge on any atom is -0.480 e. The van der Waals surface area contributed by atoms with Crippen LogP contribution in [0.1, 0.15) is 40.5 Å². The molecule has 0 rings (SSSR count). The first kappa shape index (κ1) is 20.8. The number of amides is 1. The van der Waals surface area contributed by atoms with Crippen LogP contribution in [0.4, 0.5) is 0 Å². The van der Waals surface area contributed by atoms with Crippen molar-refractivity contribution in [3.63, 3.8) is 0 Å². The Bertz CT molecular complexity index is 470. The number of nitrogens with two attached hydrogens (primary N) is 1. The molecule has 0 saturated heterocycles. The van der Waals surface area contributed by atoms with Crippen LogP contribution in [0.5, 0.6) is 0 Å². The number of hydrogen-bond acceptors (Lipinski definition) is 6. The molecule has 3 atom stereocenters. The minimum absolute atomic E-state index is 0.0847. The van der Waals surface area contributed by atoms with Crippen LogP contribution in [0.15, 0.2) is 0 Å². The third-order valence-electron chi connectivity index (χ3n) is 3.05. The third-order valence-corrected chi connectivity index (χ3v) is 3.05. The summed E-state index contributed by atoms with van der Waals surface area (Å²) in [5.41, 5.74) is 4.58. The van der Waals surface area contributed by atoms with Gasteiger partial charge < -0.3 is 26.0 Å². The zero-order valence-electron chi connectivity index (χ0n) is 13.7. The predicted molar refractivity (Wildman–Crippen MR) is 79.4 cm³/mol. The Kier molecular flexibility index (Phi) is 7.67. The van der Waals surface area contributed by atoms with Gasteiger partial charge in [-0.05, 0) is 18.8 Å². The highest BCUT2D eigenvalue weighted by Gasteiger charge is 2.35. The number of nitrogens with one attached hydrogen (secondary N) is 1. The van der Waals surface area contributed by atoms with E-state index >= 15 is 0 Å². The molecule has 0 aliphatic carbocycles. The van der Waals surface area contributed by atoms with Gasteiger partial charge in [-0.3, -0.25) is 9.59 Å². The molecule has 0 fully saturated rings. The molecule has 5 N–H and O–H groups in total. The second-order valence-electron chi connectivity index (χ2n) is 6.27. The summed E-state index contributed by atoms with van der Waals surface area (Å²) in [6.07, 6.45) is -1.61. The van der Waals surface area contributed by atoms with Crippen LogP contribution >= 0.6 is 0 Å². The third kappa shape index (κ3) is 7.59. The highest BCUT2D eigenvalue weighted by atomic mass is 16.6. The molecule has 0 radical (unpaired) electrons. The van der Waals surface area contributed by atoms with Crippen LogP contribution in [0.2, 0.25) is 0 Å². The molecule has 23 heavy (non-hydrogen) atoms. The van der Waals surface area contributed by atoms with Crippen LogP contribution < -0.4 is 11.1 Å². The Morgan fingerprint density at radius 2 is 1.65 bits per heavy atom. The Labute approximate surface area is 134 Å². The van der Waals surface area contributed by atoms with Gasteiger partial charge in [-0.25, -0.2) is 9.59 Å². The topological polar surface area (TPSA) is 156 Å². The van der Waals surface area contributed by atoms with E-state index in [0.29, 0.717) is 0 Å². The van der Waals surface area contributed by atoms with Gasteiger partial charge in [0.25, 0.3) is 0 Å². The first-order valence-corrected chi connectivity index (χ1v) is 7.07. The number of esters is 1. The average Bonchev–Trinajstić information content (AvgIpc) is 2.40. The Morgan fingerprint density at radius 1 is 1.13 bits per heavy atom. The van der Waals surface area contributed by atoms with Crippen LogP contribution in [-0.4, -0.2) is 52.2 Å². The SMILES string of the molecule is C[C@H](OC(=O)C(NC(=O)CC[C@H](N)C(=O)O)C(C)(C)C)C(=O)O. The first-order chi connectivity index (χ1) is 10.4. The van der Waals surface area contributed by atoms with E-state index in [1.807, 2.05) is 0 Å². The summed E-state index contributed by atoms with van der Waals surface area (Å²) in [6.45, 7) is 6.22. The highest BCUT2D eigenvalue weighted by Crippen LogP contribution is 2.21. The Morgan fingerprint density at radius 3 is 2.04 bits per heavy atom. The van der Waals surface area contributed by atoms with Crippen molar-refractivity contribution < 1.29 is 34.1 Å². The molecule has 0 saturated carbocycles.